The molecule has 57 heavy (non-hydrogen) atoms. The van der Waals surface area contributed by atoms with E-state index in [4.69, 9.17) is 0 Å². The van der Waals surface area contributed by atoms with Gasteiger partial charge in [-0.1, -0.05) is 232 Å². The minimum absolute atomic E-state index is 0. The molecule has 0 aromatic heterocycles. The molecule has 0 aromatic rings. The first-order valence-electron chi connectivity index (χ1n) is 23.5. The van der Waals surface area contributed by atoms with Gasteiger partial charge in [-0.15, -0.1) is 0 Å². The van der Waals surface area contributed by atoms with Gasteiger partial charge >= 0.3 is 37.7 Å². The molecule has 0 aliphatic rings. The van der Waals surface area contributed by atoms with E-state index in [0.29, 0.717) is 0 Å². The predicted molar refractivity (Wildman–Crippen MR) is 242 cm³/mol. The van der Waals surface area contributed by atoms with E-state index in [1.165, 1.54) is 167 Å². The summed E-state index contributed by atoms with van der Waals surface area (Å²) in [6, 6.07) is 0. The molecule has 0 saturated heterocycles. The SMILES string of the molecule is CCCCCCCCCCC/C=C/C(CCCCCCCC)COS(=O)(=O)[O-].CCCCCCCCCCC/C=C/C(CCCCCCCC)COS(=O)(=O)[O-].[Ca+2]. The summed E-state index contributed by atoms with van der Waals surface area (Å²) in [4.78, 5) is 0. The Bertz CT molecular complexity index is 982. The van der Waals surface area contributed by atoms with Gasteiger partial charge in [-0.2, -0.15) is 0 Å². The van der Waals surface area contributed by atoms with Gasteiger partial charge in [-0.05, 0) is 38.5 Å². The number of hydrogen-bond donors (Lipinski definition) is 0. The van der Waals surface area contributed by atoms with Gasteiger partial charge in [-0.3, -0.25) is 8.37 Å². The number of hydrogen-bond acceptors (Lipinski definition) is 8. The maximum Gasteiger partial charge on any atom is 2.00 e. The molecule has 0 aliphatic carbocycles. The van der Waals surface area contributed by atoms with Crippen molar-refractivity contribution < 1.29 is 34.3 Å². The van der Waals surface area contributed by atoms with Crippen LogP contribution in [0.15, 0.2) is 24.3 Å². The van der Waals surface area contributed by atoms with Crippen LogP contribution in [0, 0.1) is 11.8 Å². The average molecular weight is 875 g/mol. The Balaban J connectivity index is -0.00000101. The summed E-state index contributed by atoms with van der Waals surface area (Å²) in [5.41, 5.74) is 0. The van der Waals surface area contributed by atoms with Gasteiger partial charge in [0.1, 0.15) is 0 Å². The zero-order chi connectivity index (χ0) is 41.9. The van der Waals surface area contributed by atoms with Crippen molar-refractivity contribution in [2.45, 2.75) is 246 Å². The summed E-state index contributed by atoms with van der Waals surface area (Å²) in [5.74, 6) is 0.0435. The fourth-order valence-corrected chi connectivity index (χ4v) is 7.59. The van der Waals surface area contributed by atoms with Crippen LogP contribution < -0.4 is 0 Å². The standard InChI is InChI=1S/2C23H46O4S.Ca/c2*1-3-5-7-9-11-12-13-14-15-17-19-21-23(22-27-28(24,25)26)20-18-16-10-8-6-4-2;/h2*19,21,23H,3-18,20,22H2,1-2H3,(H,24,25,26);/q;;+2/p-2/b2*21-19+;. The number of unbranched alkanes of at least 4 members (excludes halogenated alkanes) is 28. The quantitative estimate of drug-likeness (QED) is 0.0195. The van der Waals surface area contributed by atoms with Crippen LogP contribution >= 0.6 is 0 Å². The molecule has 8 nitrogen and oxygen atoms in total. The molecule has 0 radical (unpaired) electrons. The van der Waals surface area contributed by atoms with Crippen molar-refractivity contribution in [3.05, 3.63) is 24.3 Å². The van der Waals surface area contributed by atoms with E-state index >= 15 is 0 Å². The molecule has 0 saturated carbocycles. The van der Waals surface area contributed by atoms with E-state index in [1.54, 1.807) is 0 Å². The normalized spacial score (nSPS) is 13.2. The van der Waals surface area contributed by atoms with Gasteiger partial charge in [0.15, 0.2) is 0 Å². The van der Waals surface area contributed by atoms with Crippen LogP contribution in [0.2, 0.25) is 0 Å². The summed E-state index contributed by atoms with van der Waals surface area (Å²) < 4.78 is 73.5. The first-order chi connectivity index (χ1) is 27.0. The molecule has 0 spiro atoms. The molecular formula is C46H90CaO8S2. The van der Waals surface area contributed by atoms with E-state index in [2.05, 4.69) is 60.4 Å². The van der Waals surface area contributed by atoms with Crippen molar-refractivity contribution >= 4 is 58.5 Å². The van der Waals surface area contributed by atoms with Crippen LogP contribution in [-0.4, -0.2) is 76.9 Å². The fourth-order valence-electron chi connectivity index (χ4n) is 6.91. The second kappa shape index (κ2) is 47.5. The summed E-state index contributed by atoms with van der Waals surface area (Å²) in [6.45, 7) is 8.86. The Labute approximate surface area is 385 Å². The van der Waals surface area contributed by atoms with E-state index in [0.717, 1.165) is 51.4 Å². The monoisotopic (exact) mass is 875 g/mol. The summed E-state index contributed by atoms with van der Waals surface area (Å²) in [7, 11) is -9.20. The van der Waals surface area contributed by atoms with Crippen molar-refractivity contribution in [2.24, 2.45) is 11.8 Å². The zero-order valence-corrected chi connectivity index (χ0v) is 41.6. The van der Waals surface area contributed by atoms with E-state index < -0.39 is 20.8 Å². The Morgan fingerprint density at radius 2 is 0.614 bits per heavy atom. The Morgan fingerprint density at radius 3 is 0.860 bits per heavy atom. The molecule has 0 fully saturated rings. The van der Waals surface area contributed by atoms with Gasteiger partial charge in [0.05, 0.1) is 13.2 Å². The topological polar surface area (TPSA) is 133 Å². The minimum Gasteiger partial charge on any atom is -0.726 e. The number of rotatable bonds is 42. The predicted octanol–water partition coefficient (Wildman–Crippen LogP) is 14.2. The van der Waals surface area contributed by atoms with Crippen LogP contribution in [-0.2, 0) is 29.2 Å². The van der Waals surface area contributed by atoms with Crippen molar-refractivity contribution in [2.75, 3.05) is 13.2 Å². The minimum atomic E-state index is -4.60. The molecule has 0 amide bonds. The molecular weight excluding hydrogens is 785 g/mol. The summed E-state index contributed by atoms with van der Waals surface area (Å²) >= 11 is 0. The van der Waals surface area contributed by atoms with Gasteiger partial charge in [0, 0.05) is 11.8 Å². The molecule has 0 aliphatic heterocycles. The third-order valence-corrected chi connectivity index (χ3v) is 11.3. The second-order valence-corrected chi connectivity index (χ2v) is 18.2. The molecule has 11 heteroatoms. The van der Waals surface area contributed by atoms with Crippen molar-refractivity contribution in [3.63, 3.8) is 0 Å². The van der Waals surface area contributed by atoms with Gasteiger partial charge in [0.25, 0.3) is 0 Å². The molecule has 2 unspecified atom stereocenters. The molecule has 0 N–H and O–H groups in total. The van der Waals surface area contributed by atoms with Gasteiger partial charge in [0.2, 0.25) is 20.8 Å². The first-order valence-corrected chi connectivity index (χ1v) is 26.2. The number of allylic oxidation sites excluding steroid dienone is 2. The summed E-state index contributed by atoms with van der Waals surface area (Å²) in [5, 5.41) is 0. The third kappa shape index (κ3) is 56.5. The van der Waals surface area contributed by atoms with Crippen molar-refractivity contribution in [3.8, 4) is 0 Å². The maximum absolute atomic E-state index is 10.7. The molecule has 0 heterocycles. The van der Waals surface area contributed by atoms with E-state index in [9.17, 15) is 25.9 Å². The largest absolute Gasteiger partial charge is 2.00 e. The molecule has 0 rings (SSSR count). The van der Waals surface area contributed by atoms with Crippen LogP contribution in [0.1, 0.15) is 246 Å². The van der Waals surface area contributed by atoms with Gasteiger partial charge < -0.3 is 9.11 Å². The third-order valence-electron chi connectivity index (χ3n) is 10.5. The zero-order valence-electron chi connectivity index (χ0n) is 37.7. The Morgan fingerprint density at radius 1 is 0.386 bits per heavy atom. The summed E-state index contributed by atoms with van der Waals surface area (Å²) in [6.07, 6.45) is 50.3. The maximum atomic E-state index is 10.7. The van der Waals surface area contributed by atoms with E-state index in [1.807, 2.05) is 0 Å². The second-order valence-electron chi connectivity index (χ2n) is 16.1. The van der Waals surface area contributed by atoms with Crippen molar-refractivity contribution in [1.82, 2.24) is 0 Å². The average Bonchev–Trinajstić information content (AvgIpc) is 3.15. The Kier molecular flexibility index (Phi) is 51.5. The molecule has 0 bridgehead atoms. The van der Waals surface area contributed by atoms with Crippen LogP contribution in [0.5, 0.6) is 0 Å². The smallest absolute Gasteiger partial charge is 0.726 e. The van der Waals surface area contributed by atoms with E-state index in [-0.39, 0.29) is 62.8 Å². The van der Waals surface area contributed by atoms with Crippen molar-refractivity contribution in [1.29, 1.82) is 0 Å². The van der Waals surface area contributed by atoms with Crippen LogP contribution in [0.3, 0.4) is 0 Å². The molecule has 336 valence electrons. The Hall–Kier alpha value is 0.480. The molecule has 2 atom stereocenters. The first kappa shape index (κ1) is 61.8. The fraction of sp³-hybridized carbons (Fsp3) is 0.913. The van der Waals surface area contributed by atoms with Crippen LogP contribution in [0.4, 0.5) is 0 Å². The van der Waals surface area contributed by atoms with Gasteiger partial charge in [-0.25, -0.2) is 16.8 Å². The molecule has 0 aromatic carbocycles. The van der Waals surface area contributed by atoms with Crippen LogP contribution in [0.25, 0.3) is 0 Å².